The van der Waals surface area contributed by atoms with E-state index in [2.05, 4.69) is 71.5 Å². The van der Waals surface area contributed by atoms with Crippen molar-refractivity contribution < 1.29 is 0 Å². The summed E-state index contributed by atoms with van der Waals surface area (Å²) >= 11 is 5.47. The van der Waals surface area contributed by atoms with Gasteiger partial charge in [0.05, 0.1) is 0 Å². The summed E-state index contributed by atoms with van der Waals surface area (Å²) in [5.41, 5.74) is 2.61. The van der Waals surface area contributed by atoms with E-state index in [1.165, 1.54) is 24.0 Å². The number of thiocarbonyl (C=S) groups is 1. The Bertz CT molecular complexity index is 844. The van der Waals surface area contributed by atoms with Crippen LogP contribution in [-0.2, 0) is 13.1 Å². The summed E-state index contributed by atoms with van der Waals surface area (Å²) in [5.74, 6) is 2.46. The molecule has 2 N–H and O–H groups in total. The number of nitrogens with one attached hydrogen (secondary N) is 2. The second-order valence-corrected chi connectivity index (χ2v) is 8.96. The van der Waals surface area contributed by atoms with Gasteiger partial charge in [0.2, 0.25) is 5.95 Å². The third-order valence-electron chi connectivity index (χ3n) is 5.01. The molecule has 0 unspecified atom stereocenters. The smallest absolute Gasteiger partial charge is 0.232 e. The molecule has 0 spiro atoms. The second kappa shape index (κ2) is 7.54. The Hall–Kier alpha value is -2.41. The van der Waals surface area contributed by atoms with Crippen LogP contribution >= 0.6 is 12.2 Å². The lowest BCUT2D eigenvalue weighted by Gasteiger charge is -2.24. The van der Waals surface area contributed by atoms with E-state index < -0.39 is 0 Å². The van der Waals surface area contributed by atoms with E-state index in [9.17, 15) is 0 Å². The number of nitrogens with zero attached hydrogens (tertiary/aromatic N) is 4. The van der Waals surface area contributed by atoms with Crippen molar-refractivity contribution in [1.82, 2.24) is 15.3 Å². The molecular formula is C21H28N6S. The molecule has 0 amide bonds. The van der Waals surface area contributed by atoms with Gasteiger partial charge in [0.15, 0.2) is 5.11 Å². The van der Waals surface area contributed by atoms with Crippen molar-refractivity contribution in [2.24, 2.45) is 0 Å². The Morgan fingerprint density at radius 1 is 0.964 bits per heavy atom. The van der Waals surface area contributed by atoms with E-state index in [4.69, 9.17) is 22.2 Å². The van der Waals surface area contributed by atoms with Crippen molar-refractivity contribution in [1.29, 1.82) is 0 Å². The van der Waals surface area contributed by atoms with E-state index in [0.29, 0.717) is 11.1 Å². The zero-order valence-corrected chi connectivity index (χ0v) is 17.6. The van der Waals surface area contributed by atoms with Gasteiger partial charge < -0.3 is 20.4 Å². The maximum Gasteiger partial charge on any atom is 0.232 e. The van der Waals surface area contributed by atoms with Crippen LogP contribution in [0.3, 0.4) is 0 Å². The minimum Gasteiger partial charge on any atom is -0.358 e. The van der Waals surface area contributed by atoms with Gasteiger partial charge >= 0.3 is 0 Å². The fourth-order valence-corrected chi connectivity index (χ4v) is 4.11. The molecule has 2 aromatic rings. The standard InChI is InChI=1S/C21H28N6S/c1-21(2,3)25-20(28)24-19-22-17(26-10-6-7-11-26)12-18(23-19)27-13-15-8-4-5-9-16(15)14-27/h4-5,8-9,12H,6-7,10-11,13-14H2,1-3H3,(H2,22,23,24,25,28). The first-order valence-corrected chi connectivity index (χ1v) is 10.3. The van der Waals surface area contributed by atoms with Gasteiger partial charge in [-0.2, -0.15) is 9.97 Å². The molecule has 7 heteroatoms. The molecule has 4 rings (SSSR count). The quantitative estimate of drug-likeness (QED) is 0.768. The van der Waals surface area contributed by atoms with Crippen molar-refractivity contribution in [2.45, 2.75) is 52.2 Å². The van der Waals surface area contributed by atoms with Gasteiger partial charge in [-0.1, -0.05) is 24.3 Å². The highest BCUT2D eigenvalue weighted by atomic mass is 32.1. The van der Waals surface area contributed by atoms with E-state index >= 15 is 0 Å². The van der Waals surface area contributed by atoms with Crippen molar-refractivity contribution in [3.63, 3.8) is 0 Å². The average molecular weight is 397 g/mol. The highest BCUT2D eigenvalue weighted by Crippen LogP contribution is 2.30. The SMILES string of the molecule is CC(C)(C)NC(=S)Nc1nc(N2CCCC2)cc(N2Cc3ccccc3C2)n1. The summed E-state index contributed by atoms with van der Waals surface area (Å²) in [6, 6.07) is 10.7. The zero-order valence-electron chi connectivity index (χ0n) is 16.8. The maximum absolute atomic E-state index is 5.47. The fraction of sp³-hybridized carbons (Fsp3) is 0.476. The monoisotopic (exact) mass is 396 g/mol. The summed E-state index contributed by atoms with van der Waals surface area (Å²) < 4.78 is 0. The molecule has 148 valence electrons. The van der Waals surface area contributed by atoms with Crippen molar-refractivity contribution in [3.05, 3.63) is 41.5 Å². The number of hydrogen-bond acceptors (Lipinski definition) is 5. The molecule has 28 heavy (non-hydrogen) atoms. The van der Waals surface area contributed by atoms with Crippen LogP contribution in [0.5, 0.6) is 0 Å². The molecule has 2 aliphatic heterocycles. The average Bonchev–Trinajstić information content (AvgIpc) is 3.29. The minimum absolute atomic E-state index is 0.115. The lowest BCUT2D eigenvalue weighted by atomic mass is 10.1. The summed E-state index contributed by atoms with van der Waals surface area (Å²) in [6.45, 7) is 10.1. The molecule has 6 nitrogen and oxygen atoms in total. The first kappa shape index (κ1) is 18.9. The molecule has 1 aromatic heterocycles. The van der Waals surface area contributed by atoms with Gasteiger partial charge in [0.25, 0.3) is 0 Å². The van der Waals surface area contributed by atoms with Gasteiger partial charge in [-0.3, -0.25) is 0 Å². The third kappa shape index (κ3) is 4.35. The Morgan fingerprint density at radius 2 is 1.54 bits per heavy atom. The predicted octanol–water partition coefficient (Wildman–Crippen LogP) is 3.68. The number of anilines is 3. The Labute approximate surface area is 172 Å². The number of benzene rings is 1. The number of fused-ring (bicyclic) bond motifs is 1. The maximum atomic E-state index is 5.47. The highest BCUT2D eigenvalue weighted by Gasteiger charge is 2.23. The summed E-state index contributed by atoms with van der Waals surface area (Å²) in [6.07, 6.45) is 2.42. The predicted molar refractivity (Wildman–Crippen MR) is 119 cm³/mol. The van der Waals surface area contributed by atoms with Crippen LogP contribution in [-0.4, -0.2) is 33.7 Å². The van der Waals surface area contributed by atoms with Gasteiger partial charge in [-0.15, -0.1) is 0 Å². The molecule has 0 saturated carbocycles. The molecule has 2 aliphatic rings. The Morgan fingerprint density at radius 3 is 2.11 bits per heavy atom. The Kier molecular flexibility index (Phi) is 5.10. The minimum atomic E-state index is -0.115. The molecule has 1 saturated heterocycles. The van der Waals surface area contributed by atoms with Crippen molar-refractivity contribution in [2.75, 3.05) is 28.2 Å². The van der Waals surface area contributed by atoms with E-state index in [1.807, 2.05) is 0 Å². The number of rotatable bonds is 3. The summed E-state index contributed by atoms with van der Waals surface area (Å²) in [7, 11) is 0. The van der Waals surface area contributed by atoms with Gasteiger partial charge in [-0.25, -0.2) is 0 Å². The molecule has 0 atom stereocenters. The van der Waals surface area contributed by atoms with Crippen LogP contribution in [0.1, 0.15) is 44.7 Å². The third-order valence-corrected chi connectivity index (χ3v) is 5.21. The molecule has 0 bridgehead atoms. The molecule has 1 aromatic carbocycles. The van der Waals surface area contributed by atoms with Crippen LogP contribution < -0.4 is 20.4 Å². The Balaban J connectivity index is 1.60. The van der Waals surface area contributed by atoms with Gasteiger partial charge in [0, 0.05) is 37.8 Å². The van der Waals surface area contributed by atoms with E-state index in [1.54, 1.807) is 0 Å². The van der Waals surface area contributed by atoms with E-state index in [0.717, 1.165) is 37.8 Å². The molecule has 0 radical (unpaired) electrons. The second-order valence-electron chi connectivity index (χ2n) is 8.56. The number of hydrogen-bond donors (Lipinski definition) is 2. The lowest BCUT2D eigenvalue weighted by molar-refractivity contribution is 0.514. The fourth-order valence-electron chi connectivity index (χ4n) is 3.72. The van der Waals surface area contributed by atoms with Gasteiger partial charge in [-0.05, 0) is 57.0 Å². The van der Waals surface area contributed by atoms with Crippen LogP contribution in [0.25, 0.3) is 0 Å². The largest absolute Gasteiger partial charge is 0.358 e. The van der Waals surface area contributed by atoms with E-state index in [-0.39, 0.29) is 5.54 Å². The zero-order chi connectivity index (χ0) is 19.7. The van der Waals surface area contributed by atoms with Crippen molar-refractivity contribution in [3.8, 4) is 0 Å². The van der Waals surface area contributed by atoms with Crippen LogP contribution in [0, 0.1) is 0 Å². The van der Waals surface area contributed by atoms with Crippen molar-refractivity contribution >= 4 is 34.9 Å². The van der Waals surface area contributed by atoms with Crippen LogP contribution in [0.2, 0.25) is 0 Å². The molecular weight excluding hydrogens is 368 g/mol. The molecule has 0 aliphatic carbocycles. The van der Waals surface area contributed by atoms with Gasteiger partial charge in [0.1, 0.15) is 11.6 Å². The molecule has 3 heterocycles. The molecule has 1 fully saturated rings. The first-order valence-electron chi connectivity index (χ1n) is 9.92. The number of aromatic nitrogens is 2. The van der Waals surface area contributed by atoms with Crippen LogP contribution in [0.4, 0.5) is 17.6 Å². The van der Waals surface area contributed by atoms with Crippen LogP contribution in [0.15, 0.2) is 30.3 Å². The highest BCUT2D eigenvalue weighted by molar-refractivity contribution is 7.80. The lowest BCUT2D eigenvalue weighted by Crippen LogP contribution is -2.43. The summed E-state index contributed by atoms with van der Waals surface area (Å²) in [5, 5.41) is 7.01. The normalized spacial score (nSPS) is 16.2. The topological polar surface area (TPSA) is 56.3 Å². The summed E-state index contributed by atoms with van der Waals surface area (Å²) in [4.78, 5) is 14.2. The first-order chi connectivity index (χ1) is 13.4.